The van der Waals surface area contributed by atoms with E-state index in [4.69, 9.17) is 0 Å². The number of halogens is 3. The monoisotopic (exact) mass is 300 g/mol. The van der Waals surface area contributed by atoms with Gasteiger partial charge in [-0.2, -0.15) is 0 Å². The van der Waals surface area contributed by atoms with Crippen LogP contribution in [0.2, 0.25) is 0 Å². The SMILES string of the molecule is CCC1CCC(C(=O)c2ccc(OC(F)(F)F)cc2)CC1. The molecule has 0 spiro atoms. The average Bonchev–Trinajstić information content (AvgIpc) is 2.46. The second-order valence-corrected chi connectivity index (χ2v) is 5.56. The molecule has 0 amide bonds. The Kier molecular flexibility index (Phi) is 4.91. The molecule has 1 aromatic rings. The van der Waals surface area contributed by atoms with Crippen LogP contribution in [0.3, 0.4) is 0 Å². The van der Waals surface area contributed by atoms with Gasteiger partial charge in [0.1, 0.15) is 5.75 Å². The first-order valence-corrected chi connectivity index (χ1v) is 7.29. The van der Waals surface area contributed by atoms with Crippen LogP contribution in [0.25, 0.3) is 0 Å². The zero-order valence-corrected chi connectivity index (χ0v) is 12.0. The number of rotatable bonds is 4. The molecule has 0 heterocycles. The summed E-state index contributed by atoms with van der Waals surface area (Å²) < 4.78 is 40.0. The summed E-state index contributed by atoms with van der Waals surface area (Å²) in [5, 5.41) is 0. The van der Waals surface area contributed by atoms with Crippen LogP contribution in [0, 0.1) is 11.8 Å². The summed E-state index contributed by atoms with van der Waals surface area (Å²) in [6, 6.07) is 5.21. The molecule has 1 fully saturated rings. The Hall–Kier alpha value is -1.52. The maximum Gasteiger partial charge on any atom is 0.573 e. The Morgan fingerprint density at radius 3 is 2.19 bits per heavy atom. The molecule has 1 saturated carbocycles. The standard InChI is InChI=1S/C16H19F3O2/c1-2-11-3-5-12(6-4-11)15(20)13-7-9-14(10-8-13)21-16(17,18)19/h7-12H,2-6H2,1H3. The van der Waals surface area contributed by atoms with E-state index < -0.39 is 6.36 Å². The fourth-order valence-corrected chi connectivity index (χ4v) is 2.89. The number of benzene rings is 1. The van der Waals surface area contributed by atoms with Crippen molar-refractivity contribution in [2.45, 2.75) is 45.4 Å². The smallest absolute Gasteiger partial charge is 0.406 e. The number of ketones is 1. The molecule has 0 radical (unpaired) electrons. The highest BCUT2D eigenvalue weighted by Gasteiger charge is 2.31. The van der Waals surface area contributed by atoms with Crippen molar-refractivity contribution in [2.24, 2.45) is 11.8 Å². The Labute approximate surface area is 122 Å². The van der Waals surface area contributed by atoms with E-state index in [0.29, 0.717) is 11.5 Å². The minimum absolute atomic E-state index is 0.00202. The first kappa shape index (κ1) is 15.9. The van der Waals surface area contributed by atoms with Gasteiger partial charge in [-0.25, -0.2) is 0 Å². The summed E-state index contributed by atoms with van der Waals surface area (Å²) in [6.45, 7) is 2.16. The van der Waals surface area contributed by atoms with Crippen molar-refractivity contribution in [1.82, 2.24) is 0 Å². The van der Waals surface area contributed by atoms with E-state index in [1.807, 2.05) is 0 Å². The average molecular weight is 300 g/mol. The number of hydrogen-bond donors (Lipinski definition) is 0. The Morgan fingerprint density at radius 1 is 1.14 bits per heavy atom. The van der Waals surface area contributed by atoms with Gasteiger partial charge < -0.3 is 4.74 Å². The predicted molar refractivity (Wildman–Crippen MR) is 73.2 cm³/mol. The van der Waals surface area contributed by atoms with Gasteiger partial charge >= 0.3 is 6.36 Å². The topological polar surface area (TPSA) is 26.3 Å². The first-order chi connectivity index (χ1) is 9.89. The third-order valence-corrected chi connectivity index (χ3v) is 4.17. The number of alkyl halides is 3. The molecule has 1 aliphatic carbocycles. The van der Waals surface area contributed by atoms with E-state index >= 15 is 0 Å². The van der Waals surface area contributed by atoms with Gasteiger partial charge in [-0.1, -0.05) is 13.3 Å². The van der Waals surface area contributed by atoms with Crippen molar-refractivity contribution in [3.63, 3.8) is 0 Å². The lowest BCUT2D eigenvalue weighted by Gasteiger charge is -2.26. The number of ether oxygens (including phenoxy) is 1. The molecular formula is C16H19F3O2. The number of carbonyl (C=O) groups is 1. The maximum atomic E-state index is 12.3. The van der Waals surface area contributed by atoms with Crippen molar-refractivity contribution in [3.05, 3.63) is 29.8 Å². The van der Waals surface area contributed by atoms with Crippen LogP contribution >= 0.6 is 0 Å². The Morgan fingerprint density at radius 2 is 1.71 bits per heavy atom. The van der Waals surface area contributed by atoms with Crippen molar-refractivity contribution >= 4 is 5.78 Å². The van der Waals surface area contributed by atoms with Gasteiger partial charge in [-0.3, -0.25) is 4.79 Å². The molecule has 0 N–H and O–H groups in total. The molecule has 21 heavy (non-hydrogen) atoms. The molecule has 2 nitrogen and oxygen atoms in total. The summed E-state index contributed by atoms with van der Waals surface area (Å²) in [4.78, 5) is 12.3. The fraction of sp³-hybridized carbons (Fsp3) is 0.562. The van der Waals surface area contributed by atoms with Gasteiger partial charge in [0.15, 0.2) is 5.78 Å². The van der Waals surface area contributed by atoms with E-state index in [9.17, 15) is 18.0 Å². The van der Waals surface area contributed by atoms with Crippen LogP contribution in [-0.4, -0.2) is 12.1 Å². The van der Waals surface area contributed by atoms with E-state index in [2.05, 4.69) is 11.7 Å². The molecule has 0 atom stereocenters. The molecule has 5 heteroatoms. The van der Waals surface area contributed by atoms with Crippen LogP contribution in [0.15, 0.2) is 24.3 Å². The highest BCUT2D eigenvalue weighted by molar-refractivity contribution is 5.98. The van der Waals surface area contributed by atoms with E-state index in [1.54, 1.807) is 0 Å². The van der Waals surface area contributed by atoms with E-state index in [-0.39, 0.29) is 17.5 Å². The lowest BCUT2D eigenvalue weighted by atomic mass is 9.78. The lowest BCUT2D eigenvalue weighted by molar-refractivity contribution is -0.274. The first-order valence-electron chi connectivity index (χ1n) is 7.29. The zero-order valence-electron chi connectivity index (χ0n) is 12.0. The quantitative estimate of drug-likeness (QED) is 0.733. The molecule has 116 valence electrons. The van der Waals surface area contributed by atoms with Gasteiger partial charge in [0.25, 0.3) is 0 Å². The summed E-state index contributed by atoms with van der Waals surface area (Å²) in [6.07, 6.45) is 0.301. The molecule has 0 aromatic heterocycles. The molecule has 0 bridgehead atoms. The molecular weight excluding hydrogens is 281 g/mol. The maximum absolute atomic E-state index is 12.3. The van der Waals surface area contributed by atoms with E-state index in [1.165, 1.54) is 24.3 Å². The number of hydrogen-bond acceptors (Lipinski definition) is 2. The summed E-state index contributed by atoms with van der Waals surface area (Å²) in [5.41, 5.74) is 0.462. The second-order valence-electron chi connectivity index (χ2n) is 5.56. The normalized spacial score (nSPS) is 22.9. The summed E-state index contributed by atoms with van der Waals surface area (Å²) >= 11 is 0. The van der Waals surface area contributed by atoms with Crippen molar-refractivity contribution in [1.29, 1.82) is 0 Å². The molecule has 0 saturated heterocycles. The van der Waals surface area contributed by atoms with E-state index in [0.717, 1.165) is 32.1 Å². The minimum atomic E-state index is -4.70. The van der Waals surface area contributed by atoms with Crippen molar-refractivity contribution in [3.8, 4) is 5.75 Å². The van der Waals surface area contributed by atoms with Crippen LogP contribution in [-0.2, 0) is 0 Å². The molecule has 0 aliphatic heterocycles. The van der Waals surface area contributed by atoms with Crippen LogP contribution in [0.4, 0.5) is 13.2 Å². The van der Waals surface area contributed by atoms with Crippen molar-refractivity contribution < 1.29 is 22.7 Å². The van der Waals surface area contributed by atoms with Crippen molar-refractivity contribution in [2.75, 3.05) is 0 Å². The highest BCUT2D eigenvalue weighted by atomic mass is 19.4. The Balaban J connectivity index is 1.97. The predicted octanol–water partition coefficient (Wildman–Crippen LogP) is 4.98. The second kappa shape index (κ2) is 6.50. The minimum Gasteiger partial charge on any atom is -0.406 e. The lowest BCUT2D eigenvalue weighted by Crippen LogP contribution is -2.22. The zero-order chi connectivity index (χ0) is 15.5. The third-order valence-electron chi connectivity index (χ3n) is 4.17. The summed E-state index contributed by atoms with van der Waals surface area (Å²) in [7, 11) is 0. The number of Topliss-reactive ketones (excluding diaryl/α,β-unsaturated/α-hetero) is 1. The molecule has 0 unspecified atom stereocenters. The van der Waals surface area contributed by atoms with Gasteiger partial charge in [0.05, 0.1) is 0 Å². The number of carbonyl (C=O) groups excluding carboxylic acids is 1. The molecule has 1 aromatic carbocycles. The largest absolute Gasteiger partial charge is 0.573 e. The van der Waals surface area contributed by atoms with Gasteiger partial charge in [0.2, 0.25) is 0 Å². The van der Waals surface area contributed by atoms with Crippen LogP contribution in [0.5, 0.6) is 5.75 Å². The van der Waals surface area contributed by atoms with Crippen LogP contribution in [0.1, 0.15) is 49.4 Å². The van der Waals surface area contributed by atoms with Gasteiger partial charge in [-0.05, 0) is 55.9 Å². The third kappa shape index (κ3) is 4.48. The van der Waals surface area contributed by atoms with Crippen LogP contribution < -0.4 is 4.74 Å². The van der Waals surface area contributed by atoms with Gasteiger partial charge in [-0.15, -0.1) is 13.2 Å². The van der Waals surface area contributed by atoms with Gasteiger partial charge in [0, 0.05) is 11.5 Å². The highest BCUT2D eigenvalue weighted by Crippen LogP contribution is 2.33. The fourth-order valence-electron chi connectivity index (χ4n) is 2.89. The molecule has 2 rings (SSSR count). The Bertz CT molecular complexity index is 471. The summed E-state index contributed by atoms with van der Waals surface area (Å²) in [5.74, 6) is 0.440. The molecule has 1 aliphatic rings.